The van der Waals surface area contributed by atoms with Gasteiger partial charge in [-0.15, -0.1) is 0 Å². The lowest BCUT2D eigenvalue weighted by atomic mass is 9.92. The fraction of sp³-hybridized carbons (Fsp3) is 0.226. The third-order valence-corrected chi connectivity index (χ3v) is 7.15. The molecule has 2 amide bonds. The first-order chi connectivity index (χ1) is 18.5. The van der Waals surface area contributed by atoms with Gasteiger partial charge in [0.2, 0.25) is 18.6 Å². The SMILES string of the molecule is CC(C)C(=O)Nc1ccc(C=CC(=O)N2CCc3c([nH]c4ccccc34)C2c2ccc3c(c2)OCO3)cc1. The number of aromatic amines is 1. The molecule has 1 aromatic heterocycles. The molecule has 7 nitrogen and oxygen atoms in total. The Labute approximate surface area is 221 Å². The molecule has 6 rings (SSSR count). The number of carbonyl (C=O) groups is 2. The molecule has 192 valence electrons. The number of H-pyrrole nitrogens is 1. The molecule has 7 heteroatoms. The lowest BCUT2D eigenvalue weighted by Crippen LogP contribution is -2.39. The molecule has 0 bridgehead atoms. The average Bonchev–Trinajstić information content (AvgIpc) is 3.56. The highest BCUT2D eigenvalue weighted by Crippen LogP contribution is 2.42. The van der Waals surface area contributed by atoms with Gasteiger partial charge < -0.3 is 24.7 Å². The Hall–Kier alpha value is -4.52. The zero-order valence-corrected chi connectivity index (χ0v) is 21.4. The van der Waals surface area contributed by atoms with Crippen molar-refractivity contribution >= 4 is 34.5 Å². The summed E-state index contributed by atoms with van der Waals surface area (Å²) in [4.78, 5) is 31.1. The highest BCUT2D eigenvalue weighted by Gasteiger charge is 2.34. The Morgan fingerprint density at radius 2 is 1.82 bits per heavy atom. The summed E-state index contributed by atoms with van der Waals surface area (Å²) in [6.45, 7) is 4.51. The van der Waals surface area contributed by atoms with Gasteiger partial charge >= 0.3 is 0 Å². The Morgan fingerprint density at radius 3 is 2.63 bits per heavy atom. The van der Waals surface area contributed by atoms with Gasteiger partial charge in [0.1, 0.15) is 0 Å². The summed E-state index contributed by atoms with van der Waals surface area (Å²) in [5.41, 5.74) is 5.92. The van der Waals surface area contributed by atoms with Gasteiger partial charge in [0.05, 0.1) is 6.04 Å². The molecule has 2 aliphatic heterocycles. The van der Waals surface area contributed by atoms with E-state index in [9.17, 15) is 9.59 Å². The first-order valence-electron chi connectivity index (χ1n) is 12.9. The van der Waals surface area contributed by atoms with Crippen LogP contribution in [0.4, 0.5) is 5.69 Å². The molecule has 0 fully saturated rings. The smallest absolute Gasteiger partial charge is 0.247 e. The van der Waals surface area contributed by atoms with Crippen LogP contribution in [0.2, 0.25) is 0 Å². The maximum atomic E-state index is 13.6. The number of amides is 2. The number of rotatable bonds is 5. The minimum atomic E-state index is -0.286. The summed E-state index contributed by atoms with van der Waals surface area (Å²) in [5, 5.41) is 4.08. The van der Waals surface area contributed by atoms with Crippen molar-refractivity contribution in [2.45, 2.75) is 26.3 Å². The van der Waals surface area contributed by atoms with Crippen LogP contribution in [0, 0.1) is 5.92 Å². The van der Waals surface area contributed by atoms with E-state index >= 15 is 0 Å². The number of para-hydroxylation sites is 1. The predicted molar refractivity (Wildman–Crippen MR) is 147 cm³/mol. The minimum Gasteiger partial charge on any atom is -0.454 e. The van der Waals surface area contributed by atoms with Gasteiger partial charge in [-0.1, -0.05) is 50.2 Å². The molecule has 0 saturated heterocycles. The fourth-order valence-electron chi connectivity index (χ4n) is 5.14. The molecule has 0 saturated carbocycles. The van der Waals surface area contributed by atoms with E-state index < -0.39 is 0 Å². The third-order valence-electron chi connectivity index (χ3n) is 7.15. The van der Waals surface area contributed by atoms with E-state index in [1.165, 1.54) is 10.9 Å². The zero-order valence-electron chi connectivity index (χ0n) is 21.4. The van der Waals surface area contributed by atoms with Gasteiger partial charge in [0, 0.05) is 40.8 Å². The number of hydrogen-bond acceptors (Lipinski definition) is 4. The number of hydrogen-bond donors (Lipinski definition) is 2. The largest absolute Gasteiger partial charge is 0.454 e. The van der Waals surface area contributed by atoms with Crippen molar-refractivity contribution in [2.75, 3.05) is 18.7 Å². The van der Waals surface area contributed by atoms with E-state index in [4.69, 9.17) is 9.47 Å². The highest BCUT2D eigenvalue weighted by atomic mass is 16.7. The second-order valence-electron chi connectivity index (χ2n) is 9.96. The van der Waals surface area contributed by atoms with Gasteiger partial charge in [-0.05, 0) is 59.5 Å². The topological polar surface area (TPSA) is 83.7 Å². The summed E-state index contributed by atoms with van der Waals surface area (Å²) >= 11 is 0. The van der Waals surface area contributed by atoms with Crippen LogP contribution in [-0.4, -0.2) is 35.0 Å². The van der Waals surface area contributed by atoms with Crippen molar-refractivity contribution in [1.29, 1.82) is 0 Å². The molecule has 2 N–H and O–H groups in total. The van der Waals surface area contributed by atoms with Crippen LogP contribution in [0.1, 0.15) is 42.3 Å². The van der Waals surface area contributed by atoms with E-state index in [2.05, 4.69) is 22.4 Å². The summed E-state index contributed by atoms with van der Waals surface area (Å²) in [5.74, 6) is 1.21. The van der Waals surface area contributed by atoms with Crippen molar-refractivity contribution in [1.82, 2.24) is 9.88 Å². The van der Waals surface area contributed by atoms with Crippen LogP contribution in [0.5, 0.6) is 11.5 Å². The maximum Gasteiger partial charge on any atom is 0.247 e. The van der Waals surface area contributed by atoms with E-state index in [1.54, 1.807) is 6.08 Å². The molecule has 0 aliphatic carbocycles. The second-order valence-corrected chi connectivity index (χ2v) is 9.96. The first kappa shape index (κ1) is 23.9. The lowest BCUT2D eigenvalue weighted by Gasteiger charge is -2.35. The first-order valence-corrected chi connectivity index (χ1v) is 12.9. The van der Waals surface area contributed by atoms with Crippen molar-refractivity contribution in [3.05, 3.63) is 95.2 Å². The van der Waals surface area contributed by atoms with Gasteiger partial charge in [-0.3, -0.25) is 9.59 Å². The quantitative estimate of drug-likeness (QED) is 0.341. The van der Waals surface area contributed by atoms with Gasteiger partial charge in [0.25, 0.3) is 0 Å². The van der Waals surface area contributed by atoms with Crippen LogP contribution in [0.15, 0.2) is 72.8 Å². The average molecular weight is 508 g/mol. The van der Waals surface area contributed by atoms with Gasteiger partial charge in [0.15, 0.2) is 11.5 Å². The van der Waals surface area contributed by atoms with E-state index in [0.717, 1.165) is 34.4 Å². The molecule has 38 heavy (non-hydrogen) atoms. The molecule has 2 aliphatic rings. The van der Waals surface area contributed by atoms with Crippen LogP contribution < -0.4 is 14.8 Å². The summed E-state index contributed by atoms with van der Waals surface area (Å²) in [6, 6.07) is 21.3. The monoisotopic (exact) mass is 507 g/mol. The Balaban J connectivity index is 1.30. The molecular weight excluding hydrogens is 478 g/mol. The minimum absolute atomic E-state index is 0.0283. The predicted octanol–water partition coefficient (Wildman–Crippen LogP) is 5.68. The number of anilines is 1. The molecule has 0 spiro atoms. The number of aromatic nitrogens is 1. The molecule has 3 aromatic carbocycles. The molecule has 3 heterocycles. The van der Waals surface area contributed by atoms with Crippen LogP contribution in [-0.2, 0) is 16.0 Å². The van der Waals surface area contributed by atoms with Crippen LogP contribution >= 0.6 is 0 Å². The number of carbonyl (C=O) groups excluding carboxylic acids is 2. The van der Waals surface area contributed by atoms with Crippen molar-refractivity contribution in [3.63, 3.8) is 0 Å². The number of nitrogens with one attached hydrogen (secondary N) is 2. The number of fused-ring (bicyclic) bond motifs is 4. The van der Waals surface area contributed by atoms with Crippen LogP contribution in [0.25, 0.3) is 17.0 Å². The third kappa shape index (κ3) is 4.41. The summed E-state index contributed by atoms with van der Waals surface area (Å²) in [7, 11) is 0. The van der Waals surface area contributed by atoms with Crippen molar-refractivity contribution in [2.24, 2.45) is 5.92 Å². The molecular formula is C31H29N3O4. The van der Waals surface area contributed by atoms with E-state index in [-0.39, 0.29) is 30.6 Å². The number of ether oxygens (including phenoxy) is 2. The van der Waals surface area contributed by atoms with E-state index in [1.807, 2.05) is 79.4 Å². The zero-order chi connectivity index (χ0) is 26.2. The van der Waals surface area contributed by atoms with Gasteiger partial charge in [-0.2, -0.15) is 0 Å². The Bertz CT molecular complexity index is 1550. The van der Waals surface area contributed by atoms with Crippen molar-refractivity contribution in [3.8, 4) is 11.5 Å². The van der Waals surface area contributed by atoms with Crippen LogP contribution in [0.3, 0.4) is 0 Å². The Kier molecular flexibility index (Phi) is 6.12. The maximum absolute atomic E-state index is 13.6. The Morgan fingerprint density at radius 1 is 1.03 bits per heavy atom. The van der Waals surface area contributed by atoms with E-state index in [0.29, 0.717) is 18.0 Å². The standard InChI is InChI=1S/C31H29N3O4/c1-19(2)31(36)32-22-11-7-20(8-12-22)9-14-28(35)34-16-15-24-23-5-3-4-6-25(23)33-29(24)30(34)21-10-13-26-27(17-21)38-18-37-26/h3-14,17,19,30,33H,15-16,18H2,1-2H3,(H,32,36). The van der Waals surface area contributed by atoms with Gasteiger partial charge in [-0.25, -0.2) is 0 Å². The molecule has 1 unspecified atom stereocenters. The second kappa shape index (κ2) is 9.74. The molecule has 4 aromatic rings. The normalized spacial score (nSPS) is 16.3. The number of benzene rings is 3. The fourth-order valence-corrected chi connectivity index (χ4v) is 5.14. The lowest BCUT2D eigenvalue weighted by molar-refractivity contribution is -0.128. The molecule has 0 radical (unpaired) electrons. The number of nitrogens with zero attached hydrogens (tertiary/aromatic N) is 1. The summed E-state index contributed by atoms with van der Waals surface area (Å²) in [6.07, 6.45) is 4.20. The summed E-state index contributed by atoms with van der Waals surface area (Å²) < 4.78 is 11.2. The van der Waals surface area contributed by atoms with Crippen molar-refractivity contribution < 1.29 is 19.1 Å². The molecule has 1 atom stereocenters. The highest BCUT2D eigenvalue weighted by molar-refractivity contribution is 5.94.